The zero-order chi connectivity index (χ0) is 24.9. The van der Waals surface area contributed by atoms with E-state index in [2.05, 4.69) is 9.97 Å². The van der Waals surface area contributed by atoms with Gasteiger partial charge in [-0.05, 0) is 33.3 Å². The third kappa shape index (κ3) is 5.40. The predicted octanol–water partition coefficient (Wildman–Crippen LogP) is 5.76. The number of ether oxygens (including phenoxy) is 2. The van der Waals surface area contributed by atoms with Crippen LogP contribution in [0, 0.1) is 0 Å². The Bertz CT molecular complexity index is 1120. The number of alkyl halides is 3. The van der Waals surface area contributed by atoms with Crippen LogP contribution in [0.2, 0.25) is 0 Å². The zero-order valence-corrected chi connectivity index (χ0v) is 19.6. The van der Waals surface area contributed by atoms with Gasteiger partial charge in [-0.1, -0.05) is 31.2 Å². The molecule has 0 aliphatic carbocycles. The summed E-state index contributed by atoms with van der Waals surface area (Å²) in [6.45, 7) is 8.13. The van der Waals surface area contributed by atoms with Gasteiger partial charge in [0.25, 0.3) is 5.91 Å². The number of benzene rings is 1. The van der Waals surface area contributed by atoms with Gasteiger partial charge in [-0.25, -0.2) is 9.97 Å². The number of hydrogen-bond donors (Lipinski definition) is 0. The van der Waals surface area contributed by atoms with Gasteiger partial charge in [0.05, 0.1) is 18.2 Å². The highest BCUT2D eigenvalue weighted by atomic mass is 19.4. The first-order chi connectivity index (χ1) is 16.2. The summed E-state index contributed by atoms with van der Waals surface area (Å²) in [5.74, 6) is 0.0692. The highest BCUT2D eigenvalue weighted by Crippen LogP contribution is 2.31. The number of rotatable bonds is 9. The summed E-state index contributed by atoms with van der Waals surface area (Å²) in [6.07, 6.45) is -2.03. The first-order valence-electron chi connectivity index (χ1n) is 11.2. The van der Waals surface area contributed by atoms with Gasteiger partial charge in [0.1, 0.15) is 11.7 Å². The molecule has 0 bridgehead atoms. The summed E-state index contributed by atoms with van der Waals surface area (Å²) >= 11 is 0. The van der Waals surface area contributed by atoms with Crippen LogP contribution in [0.3, 0.4) is 0 Å². The number of carbonyl (C=O) groups is 1. The number of likely N-dealkylation sites (N-methyl/N-ethyl adjacent to an activating group) is 1. The van der Waals surface area contributed by atoms with E-state index in [9.17, 15) is 18.0 Å². The molecule has 0 radical (unpaired) electrons. The second-order valence-electron chi connectivity index (χ2n) is 7.73. The van der Waals surface area contributed by atoms with Crippen LogP contribution in [0.1, 0.15) is 50.0 Å². The molecule has 0 fully saturated rings. The minimum atomic E-state index is -4.47. The number of aromatic nitrogens is 2. The van der Waals surface area contributed by atoms with Crippen molar-refractivity contribution in [2.75, 3.05) is 13.2 Å². The van der Waals surface area contributed by atoms with Gasteiger partial charge in [0.15, 0.2) is 0 Å². The molecule has 2 unspecified atom stereocenters. The van der Waals surface area contributed by atoms with Gasteiger partial charge in [0, 0.05) is 35.8 Å². The Morgan fingerprint density at radius 2 is 1.79 bits per heavy atom. The second kappa shape index (κ2) is 10.7. The van der Waals surface area contributed by atoms with Crippen molar-refractivity contribution in [3.8, 4) is 11.8 Å². The van der Waals surface area contributed by atoms with E-state index in [1.165, 1.54) is 6.07 Å². The summed E-state index contributed by atoms with van der Waals surface area (Å²) in [7, 11) is 0. The lowest BCUT2D eigenvalue weighted by Crippen LogP contribution is -2.48. The maximum atomic E-state index is 13.8. The molecule has 0 N–H and O–H groups in total. The molecule has 2 aromatic heterocycles. The fourth-order valence-electron chi connectivity index (χ4n) is 3.96. The zero-order valence-electron chi connectivity index (χ0n) is 19.6. The van der Waals surface area contributed by atoms with E-state index >= 15 is 0 Å². The molecule has 3 aromatic rings. The highest BCUT2D eigenvalue weighted by Gasteiger charge is 2.33. The number of hydrogen-bond acceptors (Lipinski definition) is 5. The van der Waals surface area contributed by atoms with E-state index in [4.69, 9.17) is 9.47 Å². The van der Waals surface area contributed by atoms with Crippen LogP contribution in [0.4, 0.5) is 13.2 Å². The number of carbonyl (C=O) groups excluding carboxylic acids is 1. The molecule has 2 heterocycles. The standard InChI is InChI=1S/C25H28F3N3O3/c1-5-20(16(4)34-21-13-12-18(15-29-21)25(26,27)28)31(6-2)24(32)22-19-11-9-8-10-17(19)14-30-23(22)33-7-3/h8-16,20H,5-7H2,1-4H3. The van der Waals surface area contributed by atoms with Gasteiger partial charge in [-0.15, -0.1) is 0 Å². The summed E-state index contributed by atoms with van der Waals surface area (Å²) in [5, 5.41) is 1.55. The third-order valence-corrected chi connectivity index (χ3v) is 5.59. The Balaban J connectivity index is 1.91. The van der Waals surface area contributed by atoms with E-state index in [0.717, 1.165) is 23.0 Å². The summed E-state index contributed by atoms with van der Waals surface area (Å²) in [5.41, 5.74) is -0.475. The quantitative estimate of drug-likeness (QED) is 0.394. The first-order valence-corrected chi connectivity index (χ1v) is 11.2. The number of amides is 1. The van der Waals surface area contributed by atoms with Crippen LogP contribution < -0.4 is 9.47 Å². The Labute approximate surface area is 196 Å². The van der Waals surface area contributed by atoms with Crippen molar-refractivity contribution in [1.29, 1.82) is 0 Å². The van der Waals surface area contributed by atoms with Crippen molar-refractivity contribution in [3.63, 3.8) is 0 Å². The van der Waals surface area contributed by atoms with Crippen molar-refractivity contribution in [2.24, 2.45) is 0 Å². The SMILES string of the molecule is CCOc1ncc2ccccc2c1C(=O)N(CC)C(CC)C(C)Oc1ccc(C(F)(F)F)cn1. The smallest absolute Gasteiger partial charge is 0.417 e. The van der Waals surface area contributed by atoms with Gasteiger partial charge >= 0.3 is 6.18 Å². The van der Waals surface area contributed by atoms with Crippen molar-refractivity contribution >= 4 is 16.7 Å². The van der Waals surface area contributed by atoms with Crippen LogP contribution in [0.25, 0.3) is 10.8 Å². The third-order valence-electron chi connectivity index (χ3n) is 5.59. The minimum Gasteiger partial charge on any atom is -0.477 e. The molecular weight excluding hydrogens is 447 g/mol. The topological polar surface area (TPSA) is 64.5 Å². The Morgan fingerprint density at radius 1 is 1.06 bits per heavy atom. The maximum absolute atomic E-state index is 13.8. The van der Waals surface area contributed by atoms with Gasteiger partial charge in [0.2, 0.25) is 11.8 Å². The summed E-state index contributed by atoms with van der Waals surface area (Å²) in [6, 6.07) is 9.21. The van der Waals surface area contributed by atoms with E-state index in [1.807, 2.05) is 45.0 Å². The van der Waals surface area contributed by atoms with E-state index in [0.29, 0.717) is 25.1 Å². The number of pyridine rings is 2. The molecule has 3 rings (SSSR count). The van der Waals surface area contributed by atoms with Crippen molar-refractivity contribution in [3.05, 3.63) is 59.9 Å². The Hall–Kier alpha value is -3.36. The number of fused-ring (bicyclic) bond motifs is 1. The largest absolute Gasteiger partial charge is 0.477 e. The molecule has 0 saturated carbocycles. The fourth-order valence-corrected chi connectivity index (χ4v) is 3.96. The number of halogens is 3. The molecule has 0 saturated heterocycles. The average molecular weight is 476 g/mol. The first kappa shape index (κ1) is 25.3. The van der Waals surface area contributed by atoms with Crippen LogP contribution in [-0.2, 0) is 6.18 Å². The molecule has 182 valence electrons. The van der Waals surface area contributed by atoms with Crippen LogP contribution in [-0.4, -0.2) is 46.1 Å². The molecule has 0 spiro atoms. The van der Waals surface area contributed by atoms with E-state index in [1.54, 1.807) is 18.0 Å². The lowest BCUT2D eigenvalue weighted by atomic mass is 10.0. The van der Waals surface area contributed by atoms with Gasteiger partial charge in [-0.3, -0.25) is 4.79 Å². The highest BCUT2D eigenvalue weighted by molar-refractivity contribution is 6.08. The van der Waals surface area contributed by atoms with Crippen molar-refractivity contribution in [2.45, 2.75) is 52.4 Å². The summed E-state index contributed by atoms with van der Waals surface area (Å²) in [4.78, 5) is 23.6. The minimum absolute atomic E-state index is 0.0595. The molecular formula is C25H28F3N3O3. The molecule has 0 aliphatic heterocycles. The molecule has 34 heavy (non-hydrogen) atoms. The Kier molecular flexibility index (Phi) is 7.96. The van der Waals surface area contributed by atoms with Gasteiger partial charge < -0.3 is 14.4 Å². The molecule has 1 aromatic carbocycles. The van der Waals surface area contributed by atoms with E-state index in [-0.39, 0.29) is 23.7 Å². The van der Waals surface area contributed by atoms with Crippen LogP contribution in [0.15, 0.2) is 48.8 Å². The predicted molar refractivity (Wildman–Crippen MR) is 123 cm³/mol. The second-order valence-corrected chi connectivity index (χ2v) is 7.73. The molecule has 0 aliphatic rings. The molecule has 9 heteroatoms. The molecule has 2 atom stereocenters. The average Bonchev–Trinajstić information content (AvgIpc) is 2.81. The fraction of sp³-hybridized carbons (Fsp3) is 0.400. The normalized spacial score (nSPS) is 13.4. The van der Waals surface area contributed by atoms with Crippen LogP contribution in [0.5, 0.6) is 11.8 Å². The van der Waals surface area contributed by atoms with Crippen LogP contribution >= 0.6 is 0 Å². The lowest BCUT2D eigenvalue weighted by molar-refractivity contribution is -0.137. The molecule has 6 nitrogen and oxygen atoms in total. The van der Waals surface area contributed by atoms with Gasteiger partial charge in [-0.2, -0.15) is 13.2 Å². The summed E-state index contributed by atoms with van der Waals surface area (Å²) < 4.78 is 50.0. The van der Waals surface area contributed by atoms with Crippen molar-refractivity contribution in [1.82, 2.24) is 14.9 Å². The molecule has 1 amide bonds. The Morgan fingerprint density at radius 3 is 2.38 bits per heavy atom. The maximum Gasteiger partial charge on any atom is 0.417 e. The number of nitrogens with zero attached hydrogens (tertiary/aromatic N) is 3. The van der Waals surface area contributed by atoms with Crippen molar-refractivity contribution < 1.29 is 27.4 Å². The lowest BCUT2D eigenvalue weighted by Gasteiger charge is -2.34. The monoisotopic (exact) mass is 475 g/mol. The van der Waals surface area contributed by atoms with E-state index < -0.39 is 17.8 Å².